The first kappa shape index (κ1) is 17.3. The van der Waals surface area contributed by atoms with E-state index in [1.807, 2.05) is 48.2 Å². The van der Waals surface area contributed by atoms with Crippen LogP contribution in [0.2, 0.25) is 0 Å². The Kier molecular flexibility index (Phi) is 3.98. The van der Waals surface area contributed by atoms with E-state index in [9.17, 15) is 0 Å². The highest BCUT2D eigenvalue weighted by Gasteiger charge is 2.23. The molecule has 0 aliphatic heterocycles. The van der Waals surface area contributed by atoms with E-state index in [4.69, 9.17) is 5.10 Å². The maximum Gasteiger partial charge on any atom is 0.0997 e. The number of nitrogens with zero attached hydrogens (tertiary/aromatic N) is 6. The van der Waals surface area contributed by atoms with Crippen molar-refractivity contribution in [3.05, 3.63) is 59.2 Å². The van der Waals surface area contributed by atoms with Gasteiger partial charge >= 0.3 is 0 Å². The monoisotopic (exact) mass is 360 g/mol. The van der Waals surface area contributed by atoms with Gasteiger partial charge in [-0.05, 0) is 45.4 Å². The number of rotatable bonds is 3. The van der Waals surface area contributed by atoms with Crippen molar-refractivity contribution in [1.82, 2.24) is 29.3 Å². The first-order valence-corrected chi connectivity index (χ1v) is 9.03. The second kappa shape index (κ2) is 6.23. The molecule has 0 saturated heterocycles. The lowest BCUT2D eigenvalue weighted by atomic mass is 10.0. The summed E-state index contributed by atoms with van der Waals surface area (Å²) in [7, 11) is 3.89. The van der Waals surface area contributed by atoms with Crippen molar-refractivity contribution >= 4 is 0 Å². The smallest absolute Gasteiger partial charge is 0.0997 e. The van der Waals surface area contributed by atoms with Gasteiger partial charge < -0.3 is 0 Å². The third-order valence-corrected chi connectivity index (χ3v) is 4.91. The minimum absolute atomic E-state index is 0.959. The van der Waals surface area contributed by atoms with Crippen LogP contribution >= 0.6 is 0 Å². The molecule has 0 N–H and O–H groups in total. The van der Waals surface area contributed by atoms with Crippen LogP contribution in [0.4, 0.5) is 0 Å². The molecule has 4 aromatic rings. The van der Waals surface area contributed by atoms with E-state index in [2.05, 4.69) is 54.5 Å². The van der Waals surface area contributed by atoms with E-state index in [0.717, 1.165) is 45.2 Å². The van der Waals surface area contributed by atoms with Crippen molar-refractivity contribution in [2.75, 3.05) is 0 Å². The minimum Gasteiger partial charge on any atom is -0.275 e. The van der Waals surface area contributed by atoms with Crippen molar-refractivity contribution in [3.63, 3.8) is 0 Å². The zero-order valence-corrected chi connectivity index (χ0v) is 16.6. The summed E-state index contributed by atoms with van der Waals surface area (Å²) in [6.07, 6.45) is 4.09. The molecule has 0 radical (unpaired) electrons. The fourth-order valence-corrected chi connectivity index (χ4v) is 3.68. The summed E-state index contributed by atoms with van der Waals surface area (Å²) in [5.41, 5.74) is 9.53. The van der Waals surface area contributed by atoms with E-state index in [1.165, 1.54) is 5.56 Å². The van der Waals surface area contributed by atoms with Gasteiger partial charge in [0.15, 0.2) is 0 Å². The molecule has 27 heavy (non-hydrogen) atoms. The molecule has 0 spiro atoms. The van der Waals surface area contributed by atoms with E-state index in [0.29, 0.717) is 0 Å². The van der Waals surface area contributed by atoms with Gasteiger partial charge in [-0.25, -0.2) is 4.68 Å². The Hall–Kier alpha value is -3.15. The molecule has 6 heteroatoms. The number of hydrogen-bond donors (Lipinski definition) is 0. The van der Waals surface area contributed by atoms with Crippen molar-refractivity contribution in [1.29, 1.82) is 0 Å². The van der Waals surface area contributed by atoms with E-state index in [1.54, 1.807) is 0 Å². The van der Waals surface area contributed by atoms with Crippen LogP contribution in [0.5, 0.6) is 0 Å². The molecule has 6 nitrogen and oxygen atoms in total. The number of aryl methyl sites for hydroxylation is 5. The van der Waals surface area contributed by atoms with Gasteiger partial charge in [0.05, 0.1) is 28.5 Å². The molecule has 1 aromatic carbocycles. The Morgan fingerprint density at radius 2 is 1.41 bits per heavy atom. The second-order valence-electron chi connectivity index (χ2n) is 7.18. The molecule has 0 saturated carbocycles. The Balaban J connectivity index is 2.03. The Morgan fingerprint density at radius 3 is 1.96 bits per heavy atom. The normalized spacial score (nSPS) is 11.3. The Bertz CT molecular complexity index is 1140. The first-order chi connectivity index (χ1) is 12.8. The summed E-state index contributed by atoms with van der Waals surface area (Å²) >= 11 is 0. The van der Waals surface area contributed by atoms with Crippen LogP contribution in [0.15, 0.2) is 36.7 Å². The average Bonchev–Trinajstić information content (AvgIpc) is 3.22. The SMILES string of the molecule is Cc1cccc(-n2nc(-c3cn(C)nc3C)c(C)c2-c2cn(C)nc2C)c1. The largest absolute Gasteiger partial charge is 0.275 e. The molecule has 3 heterocycles. The Morgan fingerprint density at radius 1 is 0.778 bits per heavy atom. The number of benzene rings is 1. The predicted molar refractivity (Wildman–Crippen MR) is 107 cm³/mol. The van der Waals surface area contributed by atoms with Crippen LogP contribution in [0.3, 0.4) is 0 Å². The summed E-state index contributed by atoms with van der Waals surface area (Å²) in [6, 6.07) is 8.41. The molecule has 0 fully saturated rings. The highest BCUT2D eigenvalue weighted by Crippen LogP contribution is 2.35. The number of hydrogen-bond acceptors (Lipinski definition) is 3. The average molecular weight is 360 g/mol. The van der Waals surface area contributed by atoms with Crippen molar-refractivity contribution in [2.24, 2.45) is 14.1 Å². The van der Waals surface area contributed by atoms with Gasteiger partial charge in [-0.15, -0.1) is 0 Å². The minimum atomic E-state index is 0.959. The maximum absolute atomic E-state index is 5.02. The molecule has 0 aliphatic rings. The standard InChI is InChI=1S/C21H24N6/c1-13-8-7-9-17(10-13)27-21(19-12-26(6)23-16(19)4)14(2)20(24-27)18-11-25(5)22-15(18)3/h7-12H,1-6H3. The molecule has 0 aliphatic carbocycles. The second-order valence-corrected chi connectivity index (χ2v) is 7.18. The highest BCUT2D eigenvalue weighted by atomic mass is 15.3. The fourth-order valence-electron chi connectivity index (χ4n) is 3.68. The topological polar surface area (TPSA) is 53.5 Å². The van der Waals surface area contributed by atoms with Crippen LogP contribution in [0.1, 0.15) is 22.5 Å². The van der Waals surface area contributed by atoms with E-state index < -0.39 is 0 Å². The summed E-state index contributed by atoms with van der Waals surface area (Å²) in [5.74, 6) is 0. The lowest BCUT2D eigenvalue weighted by Crippen LogP contribution is -2.00. The van der Waals surface area contributed by atoms with Gasteiger partial charge in [0.1, 0.15) is 0 Å². The highest BCUT2D eigenvalue weighted by molar-refractivity contribution is 5.77. The lowest BCUT2D eigenvalue weighted by molar-refractivity contribution is 0.756. The summed E-state index contributed by atoms with van der Waals surface area (Å²) in [6.45, 7) is 8.29. The summed E-state index contributed by atoms with van der Waals surface area (Å²) in [5, 5.41) is 14.1. The van der Waals surface area contributed by atoms with Gasteiger partial charge in [0, 0.05) is 43.2 Å². The molecule has 138 valence electrons. The lowest BCUT2D eigenvalue weighted by Gasteiger charge is -2.08. The summed E-state index contributed by atoms with van der Waals surface area (Å²) < 4.78 is 5.73. The first-order valence-electron chi connectivity index (χ1n) is 9.03. The fraction of sp³-hybridized carbons (Fsp3) is 0.286. The Labute approximate surface area is 159 Å². The molecule has 0 atom stereocenters. The van der Waals surface area contributed by atoms with E-state index >= 15 is 0 Å². The molecular weight excluding hydrogens is 336 g/mol. The van der Waals surface area contributed by atoms with Crippen LogP contribution in [0, 0.1) is 27.7 Å². The van der Waals surface area contributed by atoms with Crippen LogP contribution in [0.25, 0.3) is 28.2 Å². The third kappa shape index (κ3) is 2.87. The van der Waals surface area contributed by atoms with E-state index in [-0.39, 0.29) is 0 Å². The zero-order valence-electron chi connectivity index (χ0n) is 16.6. The van der Waals surface area contributed by atoms with Crippen molar-refractivity contribution < 1.29 is 0 Å². The maximum atomic E-state index is 5.02. The third-order valence-electron chi connectivity index (χ3n) is 4.91. The molecule has 3 aromatic heterocycles. The van der Waals surface area contributed by atoms with Gasteiger partial charge in [-0.1, -0.05) is 12.1 Å². The van der Waals surface area contributed by atoms with Crippen LogP contribution < -0.4 is 0 Å². The molecule has 0 unspecified atom stereocenters. The van der Waals surface area contributed by atoms with Gasteiger partial charge in [-0.2, -0.15) is 15.3 Å². The molecule has 0 amide bonds. The number of aromatic nitrogens is 6. The quantitative estimate of drug-likeness (QED) is 0.557. The zero-order chi connectivity index (χ0) is 19.3. The van der Waals surface area contributed by atoms with Gasteiger partial charge in [0.2, 0.25) is 0 Å². The molecule has 4 rings (SSSR count). The summed E-state index contributed by atoms with van der Waals surface area (Å²) in [4.78, 5) is 0. The van der Waals surface area contributed by atoms with Gasteiger partial charge in [0.25, 0.3) is 0 Å². The molecular formula is C21H24N6. The van der Waals surface area contributed by atoms with Gasteiger partial charge in [-0.3, -0.25) is 9.36 Å². The molecule has 0 bridgehead atoms. The predicted octanol–water partition coefficient (Wildman–Crippen LogP) is 3.91. The van der Waals surface area contributed by atoms with Crippen molar-refractivity contribution in [3.8, 4) is 28.2 Å². The van der Waals surface area contributed by atoms with Crippen LogP contribution in [-0.4, -0.2) is 29.3 Å². The van der Waals surface area contributed by atoms with Crippen LogP contribution in [-0.2, 0) is 14.1 Å². The van der Waals surface area contributed by atoms with Crippen molar-refractivity contribution in [2.45, 2.75) is 27.7 Å².